The number of carbonyl (C=O) groups is 1. The van der Waals surface area contributed by atoms with Gasteiger partial charge in [-0.05, 0) is 49.2 Å². The predicted molar refractivity (Wildman–Crippen MR) is 93.7 cm³/mol. The molecule has 2 aromatic heterocycles. The highest BCUT2D eigenvalue weighted by Crippen LogP contribution is 2.28. The minimum atomic E-state index is -0.387. The Bertz CT molecular complexity index is 950. The van der Waals surface area contributed by atoms with Gasteiger partial charge in [0.05, 0.1) is 23.9 Å². The summed E-state index contributed by atoms with van der Waals surface area (Å²) in [6, 6.07) is 8.45. The summed E-state index contributed by atoms with van der Waals surface area (Å²) in [5.41, 5.74) is 3.84. The van der Waals surface area contributed by atoms with Crippen LogP contribution in [0.15, 0.2) is 34.8 Å². The third-order valence-electron chi connectivity index (χ3n) is 4.06. The molecule has 0 radical (unpaired) electrons. The number of methoxy groups -OCH3 is 1. The Labute approximate surface area is 147 Å². The molecule has 0 aliphatic heterocycles. The molecule has 2 heterocycles. The van der Waals surface area contributed by atoms with Crippen LogP contribution >= 0.6 is 15.9 Å². The Balaban J connectivity index is 2.27. The largest absolute Gasteiger partial charge is 0.465 e. The molecule has 3 aromatic rings. The first-order valence-electron chi connectivity index (χ1n) is 7.52. The van der Waals surface area contributed by atoms with Crippen molar-refractivity contribution in [2.24, 2.45) is 0 Å². The van der Waals surface area contributed by atoms with E-state index < -0.39 is 0 Å². The number of nitrogens with zero attached hydrogens (tertiary/aromatic N) is 2. The molecular weight excluding hydrogens is 375 g/mol. The standard InChI is InChI=1S/C18H16BrFN2O2/c1-4-12-8-14(18(23)24-3)10(2)17-9-16(21-22(12)17)13-6-5-11(19)7-15(13)20/h5-9H,4H2,1-3H3. The zero-order valence-electron chi connectivity index (χ0n) is 13.6. The minimum Gasteiger partial charge on any atom is -0.465 e. The average molecular weight is 391 g/mol. The predicted octanol–water partition coefficient (Wildman–Crippen LogP) is 4.56. The molecular formula is C18H16BrFN2O2. The van der Waals surface area contributed by atoms with Crippen LogP contribution in [0, 0.1) is 12.7 Å². The van der Waals surface area contributed by atoms with E-state index in [0.29, 0.717) is 27.7 Å². The quantitative estimate of drug-likeness (QED) is 0.615. The van der Waals surface area contributed by atoms with Gasteiger partial charge in [0.2, 0.25) is 0 Å². The molecule has 0 saturated carbocycles. The van der Waals surface area contributed by atoms with Gasteiger partial charge in [0.15, 0.2) is 0 Å². The van der Waals surface area contributed by atoms with Crippen molar-refractivity contribution in [3.8, 4) is 11.3 Å². The van der Waals surface area contributed by atoms with E-state index in [-0.39, 0.29) is 11.8 Å². The zero-order chi connectivity index (χ0) is 17.4. The Morgan fingerprint density at radius 2 is 2.08 bits per heavy atom. The van der Waals surface area contributed by atoms with Crippen molar-refractivity contribution in [2.75, 3.05) is 7.11 Å². The van der Waals surface area contributed by atoms with Gasteiger partial charge in [-0.25, -0.2) is 13.7 Å². The van der Waals surface area contributed by atoms with Crippen LogP contribution < -0.4 is 0 Å². The molecule has 1 aromatic carbocycles. The van der Waals surface area contributed by atoms with Crippen LogP contribution in [-0.4, -0.2) is 22.7 Å². The van der Waals surface area contributed by atoms with E-state index >= 15 is 0 Å². The Kier molecular flexibility index (Phi) is 4.41. The first-order chi connectivity index (χ1) is 11.5. The van der Waals surface area contributed by atoms with Gasteiger partial charge in [0, 0.05) is 15.7 Å². The molecule has 24 heavy (non-hydrogen) atoms. The Morgan fingerprint density at radius 3 is 2.71 bits per heavy atom. The molecule has 0 unspecified atom stereocenters. The van der Waals surface area contributed by atoms with Crippen molar-refractivity contribution in [2.45, 2.75) is 20.3 Å². The summed E-state index contributed by atoms with van der Waals surface area (Å²) in [4.78, 5) is 12.0. The van der Waals surface area contributed by atoms with Gasteiger partial charge in [0.1, 0.15) is 5.82 Å². The van der Waals surface area contributed by atoms with E-state index in [9.17, 15) is 9.18 Å². The molecule has 3 rings (SSSR count). The molecule has 0 aliphatic carbocycles. The molecule has 0 bridgehead atoms. The van der Waals surface area contributed by atoms with E-state index in [1.165, 1.54) is 13.2 Å². The van der Waals surface area contributed by atoms with Crippen molar-refractivity contribution in [1.29, 1.82) is 0 Å². The van der Waals surface area contributed by atoms with Crippen molar-refractivity contribution in [1.82, 2.24) is 9.61 Å². The molecule has 6 heteroatoms. The maximum absolute atomic E-state index is 14.3. The second-order valence-electron chi connectivity index (χ2n) is 5.47. The van der Waals surface area contributed by atoms with Gasteiger partial charge in [0.25, 0.3) is 0 Å². The molecule has 124 valence electrons. The average Bonchev–Trinajstić information content (AvgIpc) is 3.00. The van der Waals surface area contributed by atoms with Crippen molar-refractivity contribution in [3.05, 3.63) is 57.4 Å². The van der Waals surface area contributed by atoms with Crippen molar-refractivity contribution >= 4 is 27.4 Å². The van der Waals surface area contributed by atoms with Crippen LogP contribution in [0.3, 0.4) is 0 Å². The lowest BCUT2D eigenvalue weighted by Gasteiger charge is -2.09. The molecule has 0 atom stereocenters. The fourth-order valence-electron chi connectivity index (χ4n) is 2.74. The first kappa shape index (κ1) is 16.6. The fraction of sp³-hybridized carbons (Fsp3) is 0.222. The summed E-state index contributed by atoms with van der Waals surface area (Å²) in [5, 5.41) is 4.54. The maximum Gasteiger partial charge on any atom is 0.338 e. The summed E-state index contributed by atoms with van der Waals surface area (Å²) in [6.45, 7) is 3.82. The van der Waals surface area contributed by atoms with E-state index in [1.807, 2.05) is 13.8 Å². The molecule has 4 nitrogen and oxygen atoms in total. The SMILES string of the molecule is CCc1cc(C(=O)OC)c(C)c2cc(-c3ccc(Br)cc3F)nn12. The van der Waals surface area contributed by atoms with E-state index in [0.717, 1.165) is 16.8 Å². The third kappa shape index (κ3) is 2.71. The van der Waals surface area contributed by atoms with Crippen LogP contribution in [0.1, 0.15) is 28.5 Å². The summed E-state index contributed by atoms with van der Waals surface area (Å²) >= 11 is 3.25. The second-order valence-corrected chi connectivity index (χ2v) is 6.39. The number of benzene rings is 1. The van der Waals surface area contributed by atoms with Gasteiger partial charge in [-0.2, -0.15) is 5.10 Å². The monoisotopic (exact) mass is 390 g/mol. The van der Waals surface area contributed by atoms with E-state index in [1.54, 1.807) is 28.8 Å². The number of halogens is 2. The lowest BCUT2D eigenvalue weighted by Crippen LogP contribution is -2.09. The molecule has 0 amide bonds. The van der Waals surface area contributed by atoms with Gasteiger partial charge in [-0.1, -0.05) is 22.9 Å². The minimum absolute atomic E-state index is 0.350. The van der Waals surface area contributed by atoms with Crippen molar-refractivity contribution in [3.63, 3.8) is 0 Å². The third-order valence-corrected chi connectivity index (χ3v) is 4.55. The zero-order valence-corrected chi connectivity index (χ0v) is 15.1. The topological polar surface area (TPSA) is 43.6 Å². The normalized spacial score (nSPS) is 11.0. The van der Waals surface area contributed by atoms with Gasteiger partial charge in [-0.3, -0.25) is 0 Å². The molecule has 0 aliphatic rings. The van der Waals surface area contributed by atoms with E-state index in [4.69, 9.17) is 4.74 Å². The van der Waals surface area contributed by atoms with Crippen LogP contribution in [0.4, 0.5) is 4.39 Å². The first-order valence-corrected chi connectivity index (χ1v) is 8.31. The molecule has 0 N–H and O–H groups in total. The van der Waals surface area contributed by atoms with Gasteiger partial charge in [-0.15, -0.1) is 0 Å². The highest BCUT2D eigenvalue weighted by Gasteiger charge is 2.18. The van der Waals surface area contributed by atoms with Crippen molar-refractivity contribution < 1.29 is 13.9 Å². The van der Waals surface area contributed by atoms with Crippen LogP contribution in [0.5, 0.6) is 0 Å². The summed E-state index contributed by atoms with van der Waals surface area (Å²) in [6.07, 6.45) is 0.685. The number of carbonyl (C=O) groups excluding carboxylic acids is 1. The number of fused-ring (bicyclic) bond motifs is 1. The number of hydrogen-bond donors (Lipinski definition) is 0. The highest BCUT2D eigenvalue weighted by molar-refractivity contribution is 9.10. The number of rotatable bonds is 3. The van der Waals surface area contributed by atoms with Crippen LogP contribution in [0.2, 0.25) is 0 Å². The second kappa shape index (κ2) is 6.36. The summed E-state index contributed by atoms with van der Waals surface area (Å²) in [7, 11) is 1.36. The van der Waals surface area contributed by atoms with Crippen LogP contribution in [-0.2, 0) is 11.2 Å². The lowest BCUT2D eigenvalue weighted by atomic mass is 10.1. The van der Waals surface area contributed by atoms with Gasteiger partial charge < -0.3 is 4.74 Å². The number of pyridine rings is 1. The highest BCUT2D eigenvalue weighted by atomic mass is 79.9. The Morgan fingerprint density at radius 1 is 1.33 bits per heavy atom. The number of esters is 1. The number of hydrogen-bond acceptors (Lipinski definition) is 3. The lowest BCUT2D eigenvalue weighted by molar-refractivity contribution is 0.0600. The summed E-state index contributed by atoms with van der Waals surface area (Å²) < 4.78 is 21.5. The number of ether oxygens (including phenoxy) is 1. The number of aryl methyl sites for hydroxylation is 2. The van der Waals surface area contributed by atoms with Gasteiger partial charge >= 0.3 is 5.97 Å². The fourth-order valence-corrected chi connectivity index (χ4v) is 3.08. The molecule has 0 saturated heterocycles. The van der Waals surface area contributed by atoms with E-state index in [2.05, 4.69) is 21.0 Å². The summed E-state index contributed by atoms with van der Waals surface area (Å²) in [5.74, 6) is -0.737. The number of aromatic nitrogens is 2. The molecule has 0 spiro atoms. The molecule has 0 fully saturated rings. The van der Waals surface area contributed by atoms with Crippen LogP contribution in [0.25, 0.3) is 16.8 Å². The smallest absolute Gasteiger partial charge is 0.338 e. The maximum atomic E-state index is 14.3. The Hall–Kier alpha value is -2.21.